The van der Waals surface area contributed by atoms with E-state index in [1.165, 1.54) is 12.1 Å². The number of carbonyl (C=O) groups is 2. The van der Waals surface area contributed by atoms with Crippen molar-refractivity contribution in [3.63, 3.8) is 0 Å². The Balaban J connectivity index is 1.46. The number of nitrogens with zero attached hydrogens (tertiary/aromatic N) is 2. The largest absolute Gasteiger partial charge is 0.416 e. The molecule has 2 heterocycles. The van der Waals surface area contributed by atoms with Gasteiger partial charge >= 0.3 is 6.18 Å². The van der Waals surface area contributed by atoms with Gasteiger partial charge in [0.05, 0.1) is 5.56 Å². The number of alkyl halides is 3. The smallest absolute Gasteiger partial charge is 0.370 e. The van der Waals surface area contributed by atoms with Crippen molar-refractivity contribution in [3.05, 3.63) is 69.7 Å². The van der Waals surface area contributed by atoms with Crippen molar-refractivity contribution in [3.8, 4) is 0 Å². The lowest BCUT2D eigenvalue weighted by molar-refractivity contribution is -0.137. The molecule has 176 valence electrons. The molecular formula is C24H25ClF3N3O2. The molecule has 0 bridgehead atoms. The second kappa shape index (κ2) is 8.99. The summed E-state index contributed by atoms with van der Waals surface area (Å²) in [6.07, 6.45) is -4.33. The van der Waals surface area contributed by atoms with E-state index in [2.05, 4.69) is 4.90 Å². The number of benzene rings is 2. The fraction of sp³-hybridized carbons (Fsp3) is 0.417. The fourth-order valence-corrected chi connectivity index (χ4v) is 5.11. The van der Waals surface area contributed by atoms with Crippen molar-refractivity contribution in [1.29, 1.82) is 0 Å². The van der Waals surface area contributed by atoms with Gasteiger partial charge in [0.1, 0.15) is 0 Å². The van der Waals surface area contributed by atoms with Crippen molar-refractivity contribution in [2.45, 2.75) is 25.6 Å². The standard InChI is InChI=1S/C24H25ClF3N3O2/c1-14-5-6-15(8-20(14)25)21(9-22(29)32)30-10-17-12-31(13-18(17)11-30)23(33)16-3-2-4-19(7-16)24(26,27)28/h2-8,17-18,21H,9-13H2,1H3,(H2,29,32). The number of rotatable bonds is 5. The van der Waals surface area contributed by atoms with Gasteiger partial charge in [0, 0.05) is 49.2 Å². The zero-order valence-electron chi connectivity index (χ0n) is 18.1. The molecule has 2 aromatic carbocycles. The normalized spacial score (nSPS) is 21.8. The maximum atomic E-state index is 13.0. The number of primary amides is 1. The molecule has 5 nitrogen and oxygen atoms in total. The predicted molar refractivity (Wildman–Crippen MR) is 119 cm³/mol. The quantitative estimate of drug-likeness (QED) is 0.695. The van der Waals surface area contributed by atoms with E-state index in [-0.39, 0.29) is 35.8 Å². The van der Waals surface area contributed by atoms with Crippen LogP contribution in [-0.2, 0) is 11.0 Å². The molecule has 2 aliphatic rings. The number of hydrogen-bond donors (Lipinski definition) is 1. The molecule has 2 aliphatic heterocycles. The first-order valence-electron chi connectivity index (χ1n) is 10.8. The van der Waals surface area contributed by atoms with Crippen LogP contribution in [0.25, 0.3) is 0 Å². The highest BCUT2D eigenvalue weighted by molar-refractivity contribution is 6.31. The van der Waals surface area contributed by atoms with Crippen molar-refractivity contribution in [1.82, 2.24) is 9.80 Å². The fourth-order valence-electron chi connectivity index (χ4n) is 4.93. The van der Waals surface area contributed by atoms with E-state index in [1.807, 2.05) is 25.1 Å². The highest BCUT2D eigenvalue weighted by Crippen LogP contribution is 2.38. The molecule has 2 N–H and O–H groups in total. The van der Waals surface area contributed by atoms with Gasteiger partial charge in [0.25, 0.3) is 5.91 Å². The van der Waals surface area contributed by atoms with Gasteiger partial charge in [-0.15, -0.1) is 0 Å². The van der Waals surface area contributed by atoms with Crippen LogP contribution in [0.3, 0.4) is 0 Å². The Morgan fingerprint density at radius 2 is 1.76 bits per heavy atom. The van der Waals surface area contributed by atoms with E-state index in [0.717, 1.165) is 23.3 Å². The highest BCUT2D eigenvalue weighted by Gasteiger charge is 2.44. The summed E-state index contributed by atoms with van der Waals surface area (Å²) in [6.45, 7) is 4.18. The number of fused-ring (bicyclic) bond motifs is 1. The molecule has 33 heavy (non-hydrogen) atoms. The maximum absolute atomic E-state index is 13.0. The summed E-state index contributed by atoms with van der Waals surface area (Å²) in [7, 11) is 0. The minimum atomic E-state index is -4.49. The minimum absolute atomic E-state index is 0.0440. The topological polar surface area (TPSA) is 66.6 Å². The average molecular weight is 480 g/mol. The highest BCUT2D eigenvalue weighted by atomic mass is 35.5. The Bertz CT molecular complexity index is 1060. The van der Waals surface area contributed by atoms with Crippen molar-refractivity contribution in [2.24, 2.45) is 17.6 Å². The molecule has 2 saturated heterocycles. The Morgan fingerprint density at radius 3 is 2.33 bits per heavy atom. The zero-order valence-corrected chi connectivity index (χ0v) is 18.9. The molecule has 0 aliphatic carbocycles. The molecule has 2 fully saturated rings. The van der Waals surface area contributed by atoms with E-state index in [9.17, 15) is 22.8 Å². The molecule has 0 aromatic heterocycles. The third-order valence-corrected chi connectivity index (χ3v) is 7.06. The Morgan fingerprint density at radius 1 is 1.09 bits per heavy atom. The van der Waals surface area contributed by atoms with Gasteiger partial charge in [0.2, 0.25) is 5.91 Å². The summed E-state index contributed by atoms with van der Waals surface area (Å²) in [4.78, 5) is 28.5. The SMILES string of the molecule is Cc1ccc(C(CC(N)=O)N2CC3CN(C(=O)c4cccc(C(F)(F)F)c4)CC3C2)cc1Cl. The van der Waals surface area contributed by atoms with Crippen molar-refractivity contribution < 1.29 is 22.8 Å². The number of carbonyl (C=O) groups excluding carboxylic acids is 2. The van der Waals surface area contributed by atoms with Crippen LogP contribution in [0.5, 0.6) is 0 Å². The summed E-state index contributed by atoms with van der Waals surface area (Å²) in [5.74, 6) is -0.441. The third-order valence-electron chi connectivity index (χ3n) is 6.65. The summed E-state index contributed by atoms with van der Waals surface area (Å²) < 4.78 is 39.1. The van der Waals surface area contributed by atoms with Crippen molar-refractivity contribution >= 4 is 23.4 Å². The molecule has 3 atom stereocenters. The summed E-state index contributed by atoms with van der Waals surface area (Å²) >= 11 is 6.30. The Hall–Kier alpha value is -2.58. The summed E-state index contributed by atoms with van der Waals surface area (Å²) in [5.41, 5.74) is 6.60. The van der Waals surface area contributed by atoms with Crippen LogP contribution in [0.15, 0.2) is 42.5 Å². The average Bonchev–Trinajstić information content (AvgIpc) is 3.32. The summed E-state index contributed by atoms with van der Waals surface area (Å²) in [5, 5.41) is 0.624. The van der Waals surface area contributed by atoms with E-state index >= 15 is 0 Å². The van der Waals surface area contributed by atoms with Gasteiger partial charge in [-0.2, -0.15) is 13.2 Å². The van der Waals surface area contributed by atoms with Crippen LogP contribution < -0.4 is 5.73 Å². The first-order chi connectivity index (χ1) is 15.5. The first-order valence-corrected chi connectivity index (χ1v) is 11.2. The van der Waals surface area contributed by atoms with Gasteiger partial charge in [-0.3, -0.25) is 14.5 Å². The van der Waals surface area contributed by atoms with Gasteiger partial charge in [-0.25, -0.2) is 0 Å². The monoisotopic (exact) mass is 479 g/mol. The molecule has 9 heteroatoms. The van der Waals surface area contributed by atoms with E-state index in [0.29, 0.717) is 31.2 Å². The van der Waals surface area contributed by atoms with E-state index < -0.39 is 17.6 Å². The van der Waals surface area contributed by atoms with Crippen LogP contribution in [0.4, 0.5) is 13.2 Å². The van der Waals surface area contributed by atoms with Crippen LogP contribution in [-0.4, -0.2) is 47.8 Å². The number of hydrogen-bond acceptors (Lipinski definition) is 3. The summed E-state index contributed by atoms with van der Waals surface area (Å²) in [6, 6.07) is 10.1. The molecule has 0 radical (unpaired) electrons. The molecule has 3 unspecified atom stereocenters. The number of nitrogens with two attached hydrogens (primary N) is 1. The van der Waals surface area contributed by atoms with Crippen LogP contribution in [0.2, 0.25) is 5.02 Å². The molecule has 2 amide bonds. The zero-order chi connectivity index (χ0) is 23.9. The second-order valence-electron chi connectivity index (χ2n) is 8.96. The Kier molecular flexibility index (Phi) is 6.42. The van der Waals surface area contributed by atoms with Crippen LogP contribution in [0, 0.1) is 18.8 Å². The maximum Gasteiger partial charge on any atom is 0.416 e. The number of halogens is 4. The Labute approximate surface area is 195 Å². The first kappa shape index (κ1) is 23.6. The van der Waals surface area contributed by atoms with E-state index in [1.54, 1.807) is 4.90 Å². The lowest BCUT2D eigenvalue weighted by Gasteiger charge is -2.29. The van der Waals surface area contributed by atoms with Gasteiger partial charge in [0.15, 0.2) is 0 Å². The van der Waals surface area contributed by atoms with Gasteiger partial charge < -0.3 is 10.6 Å². The molecular weight excluding hydrogens is 455 g/mol. The molecule has 0 saturated carbocycles. The second-order valence-corrected chi connectivity index (χ2v) is 9.36. The number of aryl methyl sites for hydroxylation is 1. The number of amides is 2. The number of likely N-dealkylation sites (tertiary alicyclic amines) is 2. The van der Waals surface area contributed by atoms with Crippen LogP contribution >= 0.6 is 11.6 Å². The lowest BCUT2D eigenvalue weighted by atomic mass is 10.0. The van der Waals surface area contributed by atoms with Gasteiger partial charge in [-0.1, -0.05) is 29.8 Å². The van der Waals surface area contributed by atoms with E-state index in [4.69, 9.17) is 17.3 Å². The predicted octanol–water partition coefficient (Wildman–Crippen LogP) is 4.29. The lowest BCUT2D eigenvalue weighted by Crippen LogP contribution is -2.36. The molecule has 4 rings (SSSR count). The van der Waals surface area contributed by atoms with Crippen molar-refractivity contribution in [2.75, 3.05) is 26.2 Å². The molecule has 2 aromatic rings. The molecule has 0 spiro atoms. The minimum Gasteiger partial charge on any atom is -0.370 e. The third kappa shape index (κ3) is 5.01. The van der Waals surface area contributed by atoms with Gasteiger partial charge in [-0.05, 0) is 54.2 Å². The van der Waals surface area contributed by atoms with Crippen LogP contribution in [0.1, 0.15) is 39.5 Å².